The molecule has 0 amide bonds. The van der Waals surface area contributed by atoms with Gasteiger partial charge in [-0.3, -0.25) is 0 Å². The zero-order chi connectivity index (χ0) is 36.2. The summed E-state index contributed by atoms with van der Waals surface area (Å²) >= 11 is 0. The molecule has 2 nitrogen and oxygen atoms in total. The zero-order valence-electron chi connectivity index (χ0n) is 30.9. The lowest BCUT2D eigenvalue weighted by atomic mass is 10.00. The van der Waals surface area contributed by atoms with Gasteiger partial charge in [-0.15, -0.1) is 0 Å². The number of furan rings is 1. The Bertz CT molecular complexity index is 2800. The van der Waals surface area contributed by atoms with Crippen LogP contribution >= 0.6 is 0 Å². The lowest BCUT2D eigenvalue weighted by Gasteiger charge is -2.26. The van der Waals surface area contributed by atoms with Crippen LogP contribution in [-0.4, -0.2) is 0 Å². The molecule has 8 aromatic carbocycles. The highest BCUT2D eigenvalue weighted by Gasteiger charge is 2.16. The average Bonchev–Trinajstić information content (AvgIpc) is 3.59. The quantitative estimate of drug-likeness (QED) is 0.184. The maximum Gasteiger partial charge on any atom is 0.143 e. The van der Waals surface area contributed by atoms with Gasteiger partial charge in [-0.1, -0.05) is 139 Å². The van der Waals surface area contributed by atoms with Gasteiger partial charge in [0.2, 0.25) is 0 Å². The monoisotopic (exact) mass is 618 g/mol. The normalized spacial score (nSPS) is 12.8. The molecule has 0 fully saturated rings. The number of nitrogens with zero attached hydrogens (tertiary/aromatic N) is 1. The Morgan fingerprint density at radius 2 is 1.06 bits per heavy atom. The van der Waals surface area contributed by atoms with Gasteiger partial charge in [-0.05, 0) is 87.1 Å². The molecule has 0 saturated heterocycles. The van der Waals surface area contributed by atoms with Crippen molar-refractivity contribution in [2.45, 2.75) is 0 Å². The molecule has 9 rings (SSSR count). The van der Waals surface area contributed by atoms with Crippen molar-refractivity contribution >= 4 is 49.8 Å². The summed E-state index contributed by atoms with van der Waals surface area (Å²) in [6.45, 7) is 0. The number of hydrogen-bond acceptors (Lipinski definition) is 2. The van der Waals surface area contributed by atoms with Crippen LogP contribution in [0.2, 0.25) is 0 Å². The van der Waals surface area contributed by atoms with Crippen molar-refractivity contribution in [1.29, 1.82) is 0 Å². The Hall–Kier alpha value is -6.38. The molecule has 0 radical (unpaired) electrons. The average molecular weight is 619 g/mol. The minimum Gasteiger partial charge on any atom is -0.455 e. The minimum absolute atomic E-state index is 0.183. The van der Waals surface area contributed by atoms with Gasteiger partial charge in [0, 0.05) is 33.4 Å². The minimum atomic E-state index is -0.401. The predicted octanol–water partition coefficient (Wildman–Crippen LogP) is 13.2. The van der Waals surface area contributed by atoms with Crippen LogP contribution in [0.5, 0.6) is 0 Å². The first-order valence-electron chi connectivity index (χ1n) is 18.4. The van der Waals surface area contributed by atoms with Gasteiger partial charge in [0.25, 0.3) is 0 Å². The van der Waals surface area contributed by atoms with E-state index in [1.54, 1.807) is 0 Å². The molecular formula is C46H31NO. The van der Waals surface area contributed by atoms with Gasteiger partial charge < -0.3 is 9.32 Å². The third-order valence-corrected chi connectivity index (χ3v) is 8.95. The van der Waals surface area contributed by atoms with E-state index in [9.17, 15) is 0 Å². The third-order valence-electron chi connectivity index (χ3n) is 8.95. The smallest absolute Gasteiger partial charge is 0.143 e. The number of rotatable bonds is 6. The summed E-state index contributed by atoms with van der Waals surface area (Å²) in [5, 5.41) is 4.39. The van der Waals surface area contributed by atoms with Crippen molar-refractivity contribution in [2.24, 2.45) is 0 Å². The number of benzene rings is 8. The van der Waals surface area contributed by atoms with Crippen molar-refractivity contribution in [3.05, 3.63) is 188 Å². The van der Waals surface area contributed by atoms with E-state index in [-0.39, 0.29) is 29.7 Å². The van der Waals surface area contributed by atoms with Gasteiger partial charge in [0.1, 0.15) is 11.2 Å². The van der Waals surface area contributed by atoms with E-state index in [1.807, 2.05) is 60.7 Å². The second-order valence-electron chi connectivity index (χ2n) is 11.8. The molecule has 2 heteroatoms. The molecule has 0 aliphatic heterocycles. The maximum atomic E-state index is 8.48. The van der Waals surface area contributed by atoms with E-state index in [1.165, 1.54) is 0 Å². The summed E-state index contributed by atoms with van der Waals surface area (Å²) in [4.78, 5) is 2.17. The highest BCUT2D eigenvalue weighted by atomic mass is 16.3. The number of para-hydroxylation sites is 1. The molecule has 9 aromatic rings. The van der Waals surface area contributed by atoms with E-state index < -0.39 is 6.04 Å². The Morgan fingerprint density at radius 1 is 0.417 bits per heavy atom. The molecule has 226 valence electrons. The van der Waals surface area contributed by atoms with E-state index in [0.717, 1.165) is 72.0 Å². The number of anilines is 3. The predicted molar refractivity (Wildman–Crippen MR) is 202 cm³/mol. The summed E-state index contributed by atoms with van der Waals surface area (Å²) in [6, 6.07) is 52.0. The van der Waals surface area contributed by atoms with Crippen molar-refractivity contribution < 1.29 is 11.3 Å². The summed E-state index contributed by atoms with van der Waals surface area (Å²) in [5.41, 5.74) is 9.58. The van der Waals surface area contributed by atoms with Crippen LogP contribution in [0, 0.1) is 0 Å². The van der Waals surface area contributed by atoms with E-state index >= 15 is 0 Å². The fraction of sp³-hybridized carbons (Fsp3) is 0. The largest absolute Gasteiger partial charge is 0.455 e. The van der Waals surface area contributed by atoms with Gasteiger partial charge in [0.15, 0.2) is 0 Å². The SMILES string of the molecule is [2H]c1c([2H])c([2H])c(-c2ccc(N(c3ccc(-c4ccc5oc6c(-c7ccccc7)cccc6c5c4)cc3)c3ccc4ccccc4c3)cc2)c([2H])c1[2H]. The van der Waals surface area contributed by atoms with Crippen molar-refractivity contribution in [1.82, 2.24) is 0 Å². The van der Waals surface area contributed by atoms with Crippen LogP contribution in [-0.2, 0) is 0 Å². The maximum absolute atomic E-state index is 8.48. The first-order chi connectivity index (χ1) is 25.9. The van der Waals surface area contributed by atoms with E-state index in [4.69, 9.17) is 11.3 Å². The van der Waals surface area contributed by atoms with Gasteiger partial charge in [0.05, 0.1) is 6.85 Å². The van der Waals surface area contributed by atoms with Gasteiger partial charge in [-0.25, -0.2) is 0 Å². The van der Waals surface area contributed by atoms with Crippen LogP contribution < -0.4 is 4.90 Å². The summed E-state index contributed by atoms with van der Waals surface area (Å²) in [7, 11) is 0. The van der Waals surface area contributed by atoms with Crippen LogP contribution in [0.3, 0.4) is 0 Å². The molecule has 1 aromatic heterocycles. The van der Waals surface area contributed by atoms with Crippen molar-refractivity contribution in [3.8, 4) is 33.4 Å². The van der Waals surface area contributed by atoms with E-state index in [0.29, 0.717) is 5.56 Å². The van der Waals surface area contributed by atoms with Crippen LogP contribution in [0.15, 0.2) is 192 Å². The molecule has 0 aliphatic carbocycles. The second-order valence-corrected chi connectivity index (χ2v) is 11.8. The molecule has 0 aliphatic rings. The molecule has 0 spiro atoms. The Kier molecular flexibility index (Phi) is 5.64. The fourth-order valence-corrected chi connectivity index (χ4v) is 6.56. The Balaban J connectivity index is 1.11. The van der Waals surface area contributed by atoms with Gasteiger partial charge >= 0.3 is 0 Å². The lowest BCUT2D eigenvalue weighted by Crippen LogP contribution is -2.09. The molecule has 0 atom stereocenters. The molecular weight excluding hydrogens is 583 g/mol. The lowest BCUT2D eigenvalue weighted by molar-refractivity contribution is 0.670. The topological polar surface area (TPSA) is 16.4 Å². The number of fused-ring (bicyclic) bond motifs is 4. The van der Waals surface area contributed by atoms with E-state index in [2.05, 4.69) is 102 Å². The summed E-state index contributed by atoms with van der Waals surface area (Å²) < 4.78 is 47.7. The third kappa shape index (κ3) is 5.01. The van der Waals surface area contributed by atoms with Crippen LogP contribution in [0.25, 0.3) is 66.1 Å². The molecule has 1 heterocycles. The molecule has 0 N–H and O–H groups in total. The second kappa shape index (κ2) is 11.8. The van der Waals surface area contributed by atoms with Gasteiger partial charge in [-0.2, -0.15) is 0 Å². The fourth-order valence-electron chi connectivity index (χ4n) is 6.56. The first-order valence-corrected chi connectivity index (χ1v) is 15.9. The highest BCUT2D eigenvalue weighted by Crippen LogP contribution is 2.40. The standard InChI is InChI=1S/C46H31NO/c1-3-10-32(11-4-1)34-18-24-39(25-19-34)47(41-28-22-33-12-7-8-15-37(33)30-41)40-26-20-35(21-27-40)38-23-29-45-44(31-38)43-17-9-16-42(46(43)48-45)36-13-5-2-6-14-36/h1-31H/i1D,3D,4D,10D,11D. The van der Waals surface area contributed by atoms with Crippen LogP contribution in [0.1, 0.15) is 6.85 Å². The molecule has 0 bridgehead atoms. The van der Waals surface area contributed by atoms with Crippen molar-refractivity contribution in [3.63, 3.8) is 0 Å². The molecule has 0 saturated carbocycles. The first kappa shape index (κ1) is 23.0. The Labute approximate surface area is 286 Å². The molecule has 0 unspecified atom stereocenters. The molecule has 48 heavy (non-hydrogen) atoms. The van der Waals surface area contributed by atoms with Crippen molar-refractivity contribution in [2.75, 3.05) is 4.90 Å². The highest BCUT2D eigenvalue weighted by molar-refractivity contribution is 6.10. The number of hydrogen-bond donors (Lipinski definition) is 0. The summed E-state index contributed by atoms with van der Waals surface area (Å²) in [6.07, 6.45) is 0. The summed E-state index contributed by atoms with van der Waals surface area (Å²) in [5.74, 6) is 0. The zero-order valence-corrected chi connectivity index (χ0v) is 25.9. The Morgan fingerprint density at radius 3 is 1.81 bits per heavy atom. The van der Waals surface area contributed by atoms with Crippen LogP contribution in [0.4, 0.5) is 17.1 Å².